The van der Waals surface area contributed by atoms with Gasteiger partial charge in [-0.2, -0.15) is 0 Å². The first-order chi connectivity index (χ1) is 10.4. The van der Waals surface area contributed by atoms with Crippen LogP contribution >= 0.6 is 11.6 Å². The molecule has 1 aliphatic heterocycles. The van der Waals surface area contributed by atoms with E-state index >= 15 is 0 Å². The fraction of sp³-hybridized carbons (Fsp3) is 0.588. The summed E-state index contributed by atoms with van der Waals surface area (Å²) in [6.45, 7) is 8.34. The zero-order valence-electron chi connectivity index (χ0n) is 13.6. The van der Waals surface area contributed by atoms with Crippen molar-refractivity contribution in [1.29, 1.82) is 0 Å². The van der Waals surface area contributed by atoms with Gasteiger partial charge in [0, 0.05) is 11.6 Å². The standard InChI is InChI=1S/C17H24ClNO3/c1-10-8-14(9-11(2)16(10)18)22-13(4)17(20)19-12(3)15-6-5-7-21-15/h8-9,12-13,15H,5-7H2,1-4H3,(H,19,20)/t12-,13+,15+/m0/s1. The number of benzene rings is 1. The van der Waals surface area contributed by atoms with Gasteiger partial charge >= 0.3 is 0 Å². The second-order valence-corrected chi connectivity index (χ2v) is 6.36. The van der Waals surface area contributed by atoms with Crippen LogP contribution in [0.25, 0.3) is 0 Å². The molecule has 1 aromatic carbocycles. The molecule has 1 fully saturated rings. The van der Waals surface area contributed by atoms with Crippen LogP contribution in [-0.4, -0.2) is 30.8 Å². The molecular weight excluding hydrogens is 302 g/mol. The van der Waals surface area contributed by atoms with E-state index in [1.165, 1.54) is 0 Å². The van der Waals surface area contributed by atoms with Crippen molar-refractivity contribution in [2.45, 2.75) is 58.8 Å². The summed E-state index contributed by atoms with van der Waals surface area (Å²) < 4.78 is 11.3. The van der Waals surface area contributed by atoms with Crippen molar-refractivity contribution in [3.8, 4) is 5.75 Å². The number of ether oxygens (including phenoxy) is 2. The van der Waals surface area contributed by atoms with Gasteiger partial charge in [-0.25, -0.2) is 0 Å². The summed E-state index contributed by atoms with van der Waals surface area (Å²) in [7, 11) is 0. The number of carbonyl (C=O) groups excluding carboxylic acids is 1. The normalized spacial score (nSPS) is 20.5. The van der Waals surface area contributed by atoms with E-state index in [1.54, 1.807) is 6.92 Å². The molecule has 5 heteroatoms. The molecule has 0 spiro atoms. The van der Waals surface area contributed by atoms with Gasteiger partial charge in [0.2, 0.25) is 0 Å². The van der Waals surface area contributed by atoms with Crippen LogP contribution in [0, 0.1) is 13.8 Å². The van der Waals surface area contributed by atoms with Gasteiger partial charge in [0.1, 0.15) is 5.75 Å². The summed E-state index contributed by atoms with van der Waals surface area (Å²) >= 11 is 6.14. The summed E-state index contributed by atoms with van der Waals surface area (Å²) in [5.74, 6) is 0.528. The minimum absolute atomic E-state index is 0.00487. The van der Waals surface area contributed by atoms with Crippen LogP contribution in [0.1, 0.15) is 37.8 Å². The predicted octanol–water partition coefficient (Wildman–Crippen LogP) is 3.41. The number of hydrogen-bond acceptors (Lipinski definition) is 3. The molecule has 1 saturated heterocycles. The van der Waals surface area contributed by atoms with Crippen LogP contribution in [0.5, 0.6) is 5.75 Å². The van der Waals surface area contributed by atoms with Gasteiger partial charge in [0.25, 0.3) is 5.91 Å². The van der Waals surface area contributed by atoms with Crippen LogP contribution in [0.3, 0.4) is 0 Å². The average Bonchev–Trinajstić information content (AvgIpc) is 2.98. The van der Waals surface area contributed by atoms with Gasteiger partial charge in [-0.3, -0.25) is 4.79 Å². The lowest BCUT2D eigenvalue weighted by Crippen LogP contribution is -2.46. The molecule has 1 aromatic rings. The molecule has 0 unspecified atom stereocenters. The van der Waals surface area contributed by atoms with Crippen molar-refractivity contribution in [1.82, 2.24) is 5.32 Å². The maximum absolute atomic E-state index is 12.2. The largest absolute Gasteiger partial charge is 0.481 e. The van der Waals surface area contributed by atoms with Crippen LogP contribution in [0.2, 0.25) is 5.02 Å². The molecule has 0 radical (unpaired) electrons. The summed E-state index contributed by atoms with van der Waals surface area (Å²) in [6.07, 6.45) is 1.59. The topological polar surface area (TPSA) is 47.6 Å². The van der Waals surface area contributed by atoms with E-state index in [2.05, 4.69) is 5.32 Å². The molecule has 1 N–H and O–H groups in total. The fourth-order valence-electron chi connectivity index (χ4n) is 2.66. The van der Waals surface area contributed by atoms with Crippen molar-refractivity contribution < 1.29 is 14.3 Å². The first-order valence-corrected chi connectivity index (χ1v) is 8.11. The molecule has 3 atom stereocenters. The molecule has 4 nitrogen and oxygen atoms in total. The number of aryl methyl sites for hydroxylation is 2. The third kappa shape index (κ3) is 4.14. The summed E-state index contributed by atoms with van der Waals surface area (Å²) in [6, 6.07) is 3.69. The van der Waals surface area contributed by atoms with E-state index in [4.69, 9.17) is 21.1 Å². The van der Waals surface area contributed by atoms with Gasteiger partial charge in [0.05, 0.1) is 12.1 Å². The van der Waals surface area contributed by atoms with E-state index < -0.39 is 6.10 Å². The van der Waals surface area contributed by atoms with Gasteiger partial charge in [-0.15, -0.1) is 0 Å². The van der Waals surface area contributed by atoms with Crippen molar-refractivity contribution in [2.75, 3.05) is 6.61 Å². The molecule has 0 aromatic heterocycles. The van der Waals surface area contributed by atoms with E-state index in [0.717, 1.165) is 35.6 Å². The maximum Gasteiger partial charge on any atom is 0.261 e. The van der Waals surface area contributed by atoms with Crippen molar-refractivity contribution >= 4 is 17.5 Å². The number of carbonyl (C=O) groups is 1. The highest BCUT2D eigenvalue weighted by molar-refractivity contribution is 6.32. The Kier molecular flexibility index (Phi) is 5.70. The zero-order chi connectivity index (χ0) is 16.3. The molecular formula is C17H24ClNO3. The Morgan fingerprint density at radius 3 is 2.55 bits per heavy atom. The predicted molar refractivity (Wildman–Crippen MR) is 87.6 cm³/mol. The van der Waals surface area contributed by atoms with E-state index in [0.29, 0.717) is 5.75 Å². The molecule has 0 aliphatic carbocycles. The lowest BCUT2D eigenvalue weighted by atomic mass is 10.1. The SMILES string of the molecule is Cc1cc(O[C@H](C)C(=O)N[C@@H](C)[C@H]2CCCO2)cc(C)c1Cl. The van der Waals surface area contributed by atoms with Gasteiger partial charge in [-0.1, -0.05) is 11.6 Å². The third-order valence-electron chi connectivity index (χ3n) is 3.98. The van der Waals surface area contributed by atoms with Crippen LogP contribution in [-0.2, 0) is 9.53 Å². The zero-order valence-corrected chi connectivity index (χ0v) is 14.4. The average molecular weight is 326 g/mol. The molecule has 1 aliphatic rings. The Labute approximate surface area is 137 Å². The second kappa shape index (κ2) is 7.34. The quantitative estimate of drug-likeness (QED) is 0.902. The monoisotopic (exact) mass is 325 g/mol. The lowest BCUT2D eigenvalue weighted by molar-refractivity contribution is -0.128. The summed E-state index contributed by atoms with van der Waals surface area (Å²) in [5.41, 5.74) is 1.88. The Balaban J connectivity index is 1.93. The first kappa shape index (κ1) is 17.1. The van der Waals surface area contributed by atoms with Gasteiger partial charge < -0.3 is 14.8 Å². The molecule has 1 heterocycles. The fourth-order valence-corrected chi connectivity index (χ4v) is 2.77. The van der Waals surface area contributed by atoms with E-state index in [1.807, 2.05) is 32.9 Å². The summed E-state index contributed by atoms with van der Waals surface area (Å²) in [5, 5.41) is 3.70. The highest BCUT2D eigenvalue weighted by Gasteiger charge is 2.25. The smallest absolute Gasteiger partial charge is 0.261 e. The van der Waals surface area contributed by atoms with Crippen molar-refractivity contribution in [3.05, 3.63) is 28.3 Å². The van der Waals surface area contributed by atoms with Crippen LogP contribution < -0.4 is 10.1 Å². The van der Waals surface area contributed by atoms with E-state index in [-0.39, 0.29) is 18.1 Å². The molecule has 0 bridgehead atoms. The van der Waals surface area contributed by atoms with Crippen molar-refractivity contribution in [3.63, 3.8) is 0 Å². The second-order valence-electron chi connectivity index (χ2n) is 5.98. The number of halogens is 1. The molecule has 2 rings (SSSR count). The highest BCUT2D eigenvalue weighted by Crippen LogP contribution is 2.26. The first-order valence-electron chi connectivity index (χ1n) is 7.74. The van der Waals surface area contributed by atoms with Crippen molar-refractivity contribution in [2.24, 2.45) is 0 Å². The van der Waals surface area contributed by atoms with Crippen LogP contribution in [0.4, 0.5) is 0 Å². The van der Waals surface area contributed by atoms with E-state index in [9.17, 15) is 4.79 Å². The Morgan fingerprint density at radius 1 is 1.36 bits per heavy atom. The highest BCUT2D eigenvalue weighted by atomic mass is 35.5. The number of rotatable bonds is 5. The number of hydrogen-bond donors (Lipinski definition) is 1. The van der Waals surface area contributed by atoms with Gasteiger partial charge in [-0.05, 0) is 63.8 Å². The Hall–Kier alpha value is -1.26. The Morgan fingerprint density at radius 2 is 2.00 bits per heavy atom. The lowest BCUT2D eigenvalue weighted by Gasteiger charge is -2.22. The Bertz CT molecular complexity index is 518. The van der Waals surface area contributed by atoms with Gasteiger partial charge in [0.15, 0.2) is 6.10 Å². The molecule has 122 valence electrons. The third-order valence-corrected chi connectivity index (χ3v) is 4.58. The maximum atomic E-state index is 12.2. The number of amides is 1. The summed E-state index contributed by atoms with van der Waals surface area (Å²) in [4.78, 5) is 12.2. The molecule has 1 amide bonds. The minimum Gasteiger partial charge on any atom is -0.481 e. The number of nitrogens with one attached hydrogen (secondary N) is 1. The molecule has 0 saturated carbocycles. The minimum atomic E-state index is -0.566. The van der Waals surface area contributed by atoms with Crippen LogP contribution in [0.15, 0.2) is 12.1 Å². The molecule has 22 heavy (non-hydrogen) atoms.